The number of aryl methyl sites for hydroxylation is 1. The lowest BCUT2D eigenvalue weighted by Crippen LogP contribution is -2.29. The van der Waals surface area contributed by atoms with Crippen molar-refractivity contribution in [2.45, 2.75) is 13.8 Å². The zero-order valence-electron chi connectivity index (χ0n) is 15.4. The maximum atomic E-state index is 12.2. The van der Waals surface area contributed by atoms with E-state index >= 15 is 0 Å². The van der Waals surface area contributed by atoms with Crippen molar-refractivity contribution in [2.24, 2.45) is 0 Å². The molecule has 5 nitrogen and oxygen atoms in total. The van der Waals surface area contributed by atoms with Crippen LogP contribution in [0.4, 0.5) is 5.69 Å². The molecule has 0 aromatic heterocycles. The van der Waals surface area contributed by atoms with Crippen molar-refractivity contribution in [1.82, 2.24) is 4.90 Å². The number of nitrogens with zero attached hydrogens (tertiary/aromatic N) is 1. The molecule has 0 aliphatic carbocycles. The van der Waals surface area contributed by atoms with Crippen molar-refractivity contribution in [3.8, 4) is 5.75 Å². The molecule has 0 aliphatic rings. The van der Waals surface area contributed by atoms with Gasteiger partial charge in [0.25, 0.3) is 0 Å². The fraction of sp³-hybridized carbons (Fsp3) is 0.238. The molecule has 2 aromatic rings. The quantitative estimate of drug-likeness (QED) is 0.776. The molecule has 0 unspecified atom stereocenters. The van der Waals surface area contributed by atoms with Gasteiger partial charge in [-0.1, -0.05) is 24.3 Å². The Balaban J connectivity index is 1.80. The van der Waals surface area contributed by atoms with Gasteiger partial charge in [0.15, 0.2) is 0 Å². The first-order valence-electron chi connectivity index (χ1n) is 8.44. The van der Waals surface area contributed by atoms with Gasteiger partial charge in [0.05, 0.1) is 6.54 Å². The van der Waals surface area contributed by atoms with Gasteiger partial charge in [-0.25, -0.2) is 0 Å². The van der Waals surface area contributed by atoms with Gasteiger partial charge in [0.2, 0.25) is 11.8 Å². The van der Waals surface area contributed by atoms with Crippen LogP contribution in [0.2, 0.25) is 0 Å². The molecule has 26 heavy (non-hydrogen) atoms. The van der Waals surface area contributed by atoms with Gasteiger partial charge >= 0.3 is 0 Å². The van der Waals surface area contributed by atoms with Crippen molar-refractivity contribution >= 4 is 23.6 Å². The summed E-state index contributed by atoms with van der Waals surface area (Å²) in [6.07, 6.45) is 3.28. The number of hydrogen-bond acceptors (Lipinski definition) is 3. The van der Waals surface area contributed by atoms with Crippen LogP contribution in [-0.2, 0) is 9.59 Å². The molecule has 0 fully saturated rings. The predicted octanol–water partition coefficient (Wildman–Crippen LogP) is 3.50. The minimum absolute atomic E-state index is 0.0937. The highest BCUT2D eigenvalue weighted by molar-refractivity contribution is 5.92. The summed E-state index contributed by atoms with van der Waals surface area (Å²) in [5.74, 6) is 0.599. The summed E-state index contributed by atoms with van der Waals surface area (Å²) in [5, 5.41) is 2.70. The van der Waals surface area contributed by atoms with E-state index < -0.39 is 0 Å². The van der Waals surface area contributed by atoms with Gasteiger partial charge in [-0.3, -0.25) is 9.59 Å². The molecule has 5 heteroatoms. The summed E-state index contributed by atoms with van der Waals surface area (Å²) in [6.45, 7) is 4.41. The van der Waals surface area contributed by atoms with Crippen LogP contribution in [0.5, 0.6) is 5.75 Å². The molecule has 1 N–H and O–H groups in total. The molecular weight excluding hydrogens is 328 g/mol. The summed E-state index contributed by atoms with van der Waals surface area (Å²) in [4.78, 5) is 24.8. The number of likely N-dealkylation sites (N-methyl/N-ethyl adjacent to an activating group) is 1. The second kappa shape index (κ2) is 9.42. The first kappa shape index (κ1) is 19.2. The van der Waals surface area contributed by atoms with E-state index in [-0.39, 0.29) is 11.8 Å². The molecule has 0 atom stereocenters. The Morgan fingerprint density at radius 1 is 1.15 bits per heavy atom. The zero-order valence-corrected chi connectivity index (χ0v) is 15.4. The standard InChI is InChI=1S/C21H24N2O3/c1-16-5-4-6-20(15-16)26-14-13-23(3)21(25)12-9-18-7-10-19(11-8-18)22-17(2)24/h4-12,15H,13-14H2,1-3H3,(H,22,24)/b12-9+. The topological polar surface area (TPSA) is 58.6 Å². The van der Waals surface area contributed by atoms with Crippen molar-refractivity contribution in [1.29, 1.82) is 0 Å². The second-order valence-electron chi connectivity index (χ2n) is 6.06. The molecule has 2 amide bonds. The molecule has 0 saturated carbocycles. The SMILES string of the molecule is CC(=O)Nc1ccc(/C=C/C(=O)N(C)CCOc2cccc(C)c2)cc1. The number of anilines is 1. The van der Waals surface area contributed by atoms with E-state index in [1.165, 1.54) is 13.0 Å². The van der Waals surface area contributed by atoms with Gasteiger partial charge in [-0.15, -0.1) is 0 Å². The van der Waals surface area contributed by atoms with Gasteiger partial charge in [-0.2, -0.15) is 0 Å². The van der Waals surface area contributed by atoms with Crippen LogP contribution < -0.4 is 10.1 Å². The van der Waals surface area contributed by atoms with Gasteiger partial charge in [-0.05, 0) is 48.4 Å². The Morgan fingerprint density at radius 2 is 1.88 bits per heavy atom. The van der Waals surface area contributed by atoms with Crippen LogP contribution in [0, 0.1) is 6.92 Å². The van der Waals surface area contributed by atoms with Crippen LogP contribution in [0.3, 0.4) is 0 Å². The second-order valence-corrected chi connectivity index (χ2v) is 6.06. The highest BCUT2D eigenvalue weighted by atomic mass is 16.5. The highest BCUT2D eigenvalue weighted by Gasteiger charge is 2.05. The van der Waals surface area contributed by atoms with Crippen LogP contribution in [0.1, 0.15) is 18.1 Å². The molecule has 2 rings (SSSR count). The highest BCUT2D eigenvalue weighted by Crippen LogP contribution is 2.12. The van der Waals surface area contributed by atoms with E-state index in [1.54, 1.807) is 30.2 Å². The number of benzene rings is 2. The Hall–Kier alpha value is -3.08. The first-order chi connectivity index (χ1) is 12.4. The average Bonchev–Trinajstić information content (AvgIpc) is 2.60. The molecule has 0 aliphatic heterocycles. The molecule has 0 radical (unpaired) electrons. The number of carbonyl (C=O) groups excluding carboxylic acids is 2. The molecular formula is C21H24N2O3. The molecule has 0 bridgehead atoms. The number of hydrogen-bond donors (Lipinski definition) is 1. The monoisotopic (exact) mass is 352 g/mol. The molecule has 0 spiro atoms. The van der Waals surface area contributed by atoms with Crippen molar-refractivity contribution in [2.75, 3.05) is 25.5 Å². The average molecular weight is 352 g/mol. The van der Waals surface area contributed by atoms with Crippen molar-refractivity contribution < 1.29 is 14.3 Å². The lowest BCUT2D eigenvalue weighted by atomic mass is 10.2. The molecule has 0 saturated heterocycles. The van der Waals surface area contributed by atoms with E-state index in [2.05, 4.69) is 5.32 Å². The normalized spacial score (nSPS) is 10.6. The summed E-state index contributed by atoms with van der Waals surface area (Å²) in [7, 11) is 1.74. The van der Waals surface area contributed by atoms with Gasteiger partial charge in [0.1, 0.15) is 12.4 Å². The molecule has 136 valence electrons. The van der Waals surface area contributed by atoms with Crippen LogP contribution in [0.15, 0.2) is 54.6 Å². The third-order valence-corrected chi connectivity index (χ3v) is 3.71. The van der Waals surface area contributed by atoms with Gasteiger partial charge in [0, 0.05) is 25.7 Å². The summed E-state index contributed by atoms with van der Waals surface area (Å²) < 4.78 is 5.66. The lowest BCUT2D eigenvalue weighted by molar-refractivity contribution is -0.125. The fourth-order valence-electron chi connectivity index (χ4n) is 2.29. The Morgan fingerprint density at radius 3 is 2.54 bits per heavy atom. The minimum atomic E-state index is -0.113. The Labute approximate surface area is 154 Å². The number of nitrogens with one attached hydrogen (secondary N) is 1. The van der Waals surface area contributed by atoms with Crippen LogP contribution in [-0.4, -0.2) is 36.9 Å². The molecule has 0 heterocycles. The van der Waals surface area contributed by atoms with E-state index in [0.29, 0.717) is 13.2 Å². The Bertz CT molecular complexity index is 782. The number of amides is 2. The third kappa shape index (κ3) is 6.43. The van der Waals surface area contributed by atoms with E-state index in [1.807, 2.05) is 43.3 Å². The van der Waals surface area contributed by atoms with Crippen LogP contribution in [0.25, 0.3) is 6.08 Å². The maximum absolute atomic E-state index is 12.2. The van der Waals surface area contributed by atoms with E-state index in [4.69, 9.17) is 4.74 Å². The summed E-state index contributed by atoms with van der Waals surface area (Å²) >= 11 is 0. The predicted molar refractivity (Wildman–Crippen MR) is 104 cm³/mol. The summed E-state index contributed by atoms with van der Waals surface area (Å²) in [5.41, 5.74) is 2.75. The smallest absolute Gasteiger partial charge is 0.246 e. The first-order valence-corrected chi connectivity index (χ1v) is 8.44. The zero-order chi connectivity index (χ0) is 18.9. The van der Waals surface area contributed by atoms with Gasteiger partial charge < -0.3 is 15.0 Å². The van der Waals surface area contributed by atoms with Crippen LogP contribution >= 0.6 is 0 Å². The lowest BCUT2D eigenvalue weighted by Gasteiger charge is -2.15. The number of rotatable bonds is 7. The summed E-state index contributed by atoms with van der Waals surface area (Å²) in [6, 6.07) is 15.1. The van der Waals surface area contributed by atoms with E-state index in [0.717, 1.165) is 22.6 Å². The fourth-order valence-corrected chi connectivity index (χ4v) is 2.29. The number of carbonyl (C=O) groups is 2. The largest absolute Gasteiger partial charge is 0.492 e. The van der Waals surface area contributed by atoms with E-state index in [9.17, 15) is 9.59 Å². The molecule has 2 aromatic carbocycles. The number of ether oxygens (including phenoxy) is 1. The Kier molecular flexibility index (Phi) is 6.97. The van der Waals surface area contributed by atoms with Crippen molar-refractivity contribution in [3.05, 3.63) is 65.7 Å². The maximum Gasteiger partial charge on any atom is 0.246 e. The van der Waals surface area contributed by atoms with Crippen molar-refractivity contribution in [3.63, 3.8) is 0 Å². The minimum Gasteiger partial charge on any atom is -0.492 e. The third-order valence-electron chi connectivity index (χ3n) is 3.71.